The Hall–Kier alpha value is -1.92. The van der Waals surface area contributed by atoms with E-state index in [0.29, 0.717) is 12.0 Å². The second-order valence-corrected chi connectivity index (χ2v) is 8.06. The van der Waals surface area contributed by atoms with E-state index in [0.717, 1.165) is 5.57 Å². The zero-order valence-electron chi connectivity index (χ0n) is 15.5. The minimum Gasteiger partial charge on any atom is -0.459 e. The third-order valence-electron chi connectivity index (χ3n) is 5.97. The molecular weight excluding hydrogens is 336 g/mol. The van der Waals surface area contributed by atoms with Crippen LogP contribution in [0.2, 0.25) is 0 Å². The molecule has 0 N–H and O–H groups in total. The monoisotopic (exact) mass is 360 g/mol. The third-order valence-corrected chi connectivity index (χ3v) is 5.97. The zero-order chi connectivity index (χ0) is 18.9. The predicted octanol–water partition coefficient (Wildman–Crippen LogP) is 2.24. The van der Waals surface area contributed by atoms with E-state index >= 15 is 0 Å². The van der Waals surface area contributed by atoms with Crippen LogP contribution >= 0.6 is 0 Å². The number of allylic oxidation sites excluding steroid dienone is 2. The summed E-state index contributed by atoms with van der Waals surface area (Å²) in [5.41, 5.74) is -0.0751. The lowest BCUT2D eigenvalue weighted by atomic mass is 9.83. The molecule has 6 heteroatoms. The summed E-state index contributed by atoms with van der Waals surface area (Å²) in [6, 6.07) is 0. The van der Waals surface area contributed by atoms with E-state index in [9.17, 15) is 9.59 Å². The summed E-state index contributed by atoms with van der Waals surface area (Å²) >= 11 is 0. The van der Waals surface area contributed by atoms with Crippen molar-refractivity contribution in [1.29, 1.82) is 0 Å². The van der Waals surface area contributed by atoms with Gasteiger partial charge in [0.05, 0.1) is 17.6 Å². The van der Waals surface area contributed by atoms with Gasteiger partial charge in [-0.25, -0.2) is 9.59 Å². The fourth-order valence-electron chi connectivity index (χ4n) is 3.84. The minimum absolute atomic E-state index is 0.0402. The molecule has 3 heterocycles. The van der Waals surface area contributed by atoms with E-state index in [1.54, 1.807) is 6.92 Å². The van der Waals surface area contributed by atoms with E-state index in [1.807, 2.05) is 39.0 Å². The molecule has 26 heavy (non-hydrogen) atoms. The van der Waals surface area contributed by atoms with Gasteiger partial charge in [0.1, 0.15) is 18.3 Å². The van der Waals surface area contributed by atoms with Crippen LogP contribution in [0.5, 0.6) is 0 Å². The molecule has 3 aliphatic heterocycles. The molecule has 0 aromatic heterocycles. The first-order valence-corrected chi connectivity index (χ1v) is 8.97. The Morgan fingerprint density at radius 1 is 1.35 bits per heavy atom. The van der Waals surface area contributed by atoms with Gasteiger partial charge in [-0.2, -0.15) is 0 Å². The number of hydrogen-bond donors (Lipinski definition) is 0. The van der Waals surface area contributed by atoms with Gasteiger partial charge in [-0.05, 0) is 33.8 Å². The van der Waals surface area contributed by atoms with Crippen LogP contribution in [-0.2, 0) is 28.5 Å². The van der Waals surface area contributed by atoms with Crippen LogP contribution in [0.4, 0.5) is 0 Å². The molecule has 0 aromatic rings. The Balaban J connectivity index is 1.67. The van der Waals surface area contributed by atoms with Crippen molar-refractivity contribution in [3.8, 4) is 0 Å². The molecule has 140 valence electrons. The molecule has 3 saturated heterocycles. The van der Waals surface area contributed by atoms with Gasteiger partial charge in [0.25, 0.3) is 0 Å². The van der Waals surface area contributed by atoms with E-state index < -0.39 is 41.3 Å². The topological polar surface area (TPSA) is 77.7 Å². The van der Waals surface area contributed by atoms with Gasteiger partial charge >= 0.3 is 11.9 Å². The van der Waals surface area contributed by atoms with Crippen molar-refractivity contribution < 1.29 is 28.5 Å². The fourth-order valence-corrected chi connectivity index (χ4v) is 3.84. The van der Waals surface area contributed by atoms with Crippen LogP contribution in [0, 0.1) is 5.92 Å². The van der Waals surface area contributed by atoms with Gasteiger partial charge in [-0.15, -0.1) is 0 Å². The summed E-state index contributed by atoms with van der Waals surface area (Å²) in [7, 11) is 0. The van der Waals surface area contributed by atoms with Gasteiger partial charge in [0, 0.05) is 12.0 Å². The highest BCUT2D eigenvalue weighted by molar-refractivity contribution is 5.91. The van der Waals surface area contributed by atoms with Crippen LogP contribution in [0.1, 0.15) is 34.1 Å². The van der Waals surface area contributed by atoms with Crippen LogP contribution in [-0.4, -0.2) is 47.6 Å². The smallest absolute Gasteiger partial charge is 0.341 e. The van der Waals surface area contributed by atoms with Crippen LogP contribution in [0.15, 0.2) is 36.0 Å². The Labute approximate surface area is 152 Å². The number of epoxide rings is 2. The van der Waals surface area contributed by atoms with Crippen molar-refractivity contribution in [2.24, 2.45) is 5.92 Å². The van der Waals surface area contributed by atoms with Crippen LogP contribution in [0.25, 0.3) is 0 Å². The lowest BCUT2D eigenvalue weighted by Gasteiger charge is -2.28. The Morgan fingerprint density at radius 2 is 2.04 bits per heavy atom. The number of carbonyl (C=O) groups excluding carboxylic acids is 2. The Bertz CT molecular complexity index is 751. The SMILES string of the molecule is C=C1C(=O)O[C@@H]2/C=C(C)\C=C/[C@H]3O[C@]3(C)C[C@@H](OC(=O)[C@@]3(C)O[C@@H]3C)[C@@H]12. The number of hydrogen-bond acceptors (Lipinski definition) is 6. The molecule has 4 rings (SSSR count). The first kappa shape index (κ1) is 17.5. The Morgan fingerprint density at radius 3 is 2.69 bits per heavy atom. The van der Waals surface area contributed by atoms with E-state index in [1.165, 1.54) is 0 Å². The van der Waals surface area contributed by atoms with Crippen LogP contribution in [0.3, 0.4) is 0 Å². The molecule has 0 radical (unpaired) electrons. The molecule has 0 spiro atoms. The summed E-state index contributed by atoms with van der Waals surface area (Å²) in [5.74, 6) is -1.31. The molecular formula is C20H24O6. The lowest BCUT2D eigenvalue weighted by molar-refractivity contribution is -0.159. The van der Waals surface area contributed by atoms with Crippen LogP contribution < -0.4 is 0 Å². The van der Waals surface area contributed by atoms with Crippen molar-refractivity contribution in [2.75, 3.05) is 0 Å². The van der Waals surface area contributed by atoms with Gasteiger partial charge < -0.3 is 18.9 Å². The highest BCUT2D eigenvalue weighted by Crippen LogP contribution is 2.47. The molecule has 0 saturated carbocycles. The average Bonchev–Trinajstić information content (AvgIpc) is 3.36. The van der Waals surface area contributed by atoms with Crippen molar-refractivity contribution in [2.45, 2.75) is 69.7 Å². The second-order valence-electron chi connectivity index (χ2n) is 8.06. The van der Waals surface area contributed by atoms with Crippen molar-refractivity contribution >= 4 is 11.9 Å². The van der Waals surface area contributed by atoms with Gasteiger partial charge in [0.2, 0.25) is 0 Å². The molecule has 3 fully saturated rings. The van der Waals surface area contributed by atoms with Crippen molar-refractivity contribution in [3.63, 3.8) is 0 Å². The molecule has 7 atom stereocenters. The number of ether oxygens (including phenoxy) is 4. The summed E-state index contributed by atoms with van der Waals surface area (Å²) in [6.45, 7) is 11.4. The fraction of sp³-hybridized carbons (Fsp3) is 0.600. The normalized spacial score (nSPS) is 49.8. The van der Waals surface area contributed by atoms with Crippen molar-refractivity contribution in [3.05, 3.63) is 36.0 Å². The Kier molecular flexibility index (Phi) is 3.72. The zero-order valence-corrected chi connectivity index (χ0v) is 15.5. The summed E-state index contributed by atoms with van der Waals surface area (Å²) in [6.07, 6.45) is 4.98. The number of rotatable bonds is 2. The van der Waals surface area contributed by atoms with Gasteiger partial charge in [0.15, 0.2) is 5.60 Å². The molecule has 0 aromatic carbocycles. The largest absolute Gasteiger partial charge is 0.459 e. The molecule has 1 aliphatic carbocycles. The summed E-state index contributed by atoms with van der Waals surface area (Å²) in [4.78, 5) is 24.8. The predicted molar refractivity (Wildman–Crippen MR) is 92.1 cm³/mol. The van der Waals surface area contributed by atoms with Gasteiger partial charge in [-0.1, -0.05) is 24.3 Å². The van der Waals surface area contributed by atoms with E-state index in [2.05, 4.69) is 6.58 Å². The molecule has 4 aliphatic rings. The molecule has 6 nitrogen and oxygen atoms in total. The quantitative estimate of drug-likeness (QED) is 0.427. The second kappa shape index (κ2) is 5.54. The maximum absolute atomic E-state index is 12.7. The molecule has 0 amide bonds. The van der Waals surface area contributed by atoms with E-state index in [4.69, 9.17) is 18.9 Å². The van der Waals surface area contributed by atoms with E-state index in [-0.39, 0.29) is 12.2 Å². The first-order chi connectivity index (χ1) is 12.1. The van der Waals surface area contributed by atoms with Gasteiger partial charge in [-0.3, -0.25) is 0 Å². The maximum atomic E-state index is 12.7. The first-order valence-electron chi connectivity index (χ1n) is 8.97. The lowest BCUT2D eigenvalue weighted by Crippen LogP contribution is -2.39. The highest BCUT2D eigenvalue weighted by Gasteiger charge is 2.60. The number of carbonyl (C=O) groups is 2. The maximum Gasteiger partial charge on any atom is 0.341 e. The average molecular weight is 360 g/mol. The number of esters is 2. The summed E-state index contributed by atoms with van der Waals surface area (Å²) < 4.78 is 22.6. The summed E-state index contributed by atoms with van der Waals surface area (Å²) in [5, 5.41) is 0. The van der Waals surface area contributed by atoms with Crippen molar-refractivity contribution in [1.82, 2.24) is 0 Å². The third kappa shape index (κ3) is 2.72. The number of fused-ring (bicyclic) bond motifs is 2. The molecule has 0 unspecified atom stereocenters. The molecule has 0 bridgehead atoms. The highest BCUT2D eigenvalue weighted by atomic mass is 16.7. The standard InChI is InChI=1S/C20H24O6/c1-10-6-7-15-19(4,26-15)9-14(24-18(22)20(5)12(3)25-20)16-11(2)17(21)23-13(16)8-10/h6-8,12-16H,2,9H2,1,3-5H3/b7-6-,10-8-/t12-,13-,14-,15-,16+,19-,20+/m1/s1. The minimum atomic E-state index is -0.925.